The number of fused-ring (bicyclic) bond motifs is 16. The summed E-state index contributed by atoms with van der Waals surface area (Å²) in [5.41, 5.74) is 34.0. The van der Waals surface area contributed by atoms with E-state index < -0.39 is 0 Å². The number of rotatable bonds is 2. The molecule has 16 nitrogen and oxygen atoms in total. The van der Waals surface area contributed by atoms with Crippen LogP contribution in [0.1, 0.15) is 89.0 Å². The van der Waals surface area contributed by atoms with Crippen LogP contribution in [0.2, 0.25) is 0 Å². The molecule has 0 amide bonds. The van der Waals surface area contributed by atoms with Gasteiger partial charge in [-0.25, -0.2) is 0 Å². The normalized spacial score (nSPS) is 12.9. The van der Waals surface area contributed by atoms with E-state index in [0.29, 0.717) is 130 Å². The summed E-state index contributed by atoms with van der Waals surface area (Å²) in [7, 11) is 0. The van der Waals surface area contributed by atoms with Crippen LogP contribution in [0.3, 0.4) is 0 Å². The Hall–Kier alpha value is -10.8. The number of ether oxygens (including phenoxy) is 8. The maximum Gasteiger partial charge on any atom is 0.123 e. The third kappa shape index (κ3) is 26.7. The first-order valence-electron chi connectivity index (χ1n) is 37.8. The lowest BCUT2D eigenvalue weighted by atomic mass is 9.97. The van der Waals surface area contributed by atoms with Crippen molar-refractivity contribution in [3.63, 3.8) is 0 Å². The summed E-state index contributed by atoms with van der Waals surface area (Å²) < 4.78 is 49.8. The van der Waals surface area contributed by atoms with Gasteiger partial charge in [-0.2, -0.15) is 0 Å². The second-order valence-corrected chi connectivity index (χ2v) is 27.7. The highest BCUT2D eigenvalue weighted by Gasteiger charge is 2.20. The fraction of sp³-hybridized carbons (Fsp3) is 0.234. The van der Waals surface area contributed by atoms with Crippen molar-refractivity contribution in [1.29, 1.82) is 0 Å². The first kappa shape index (κ1) is 87.2. The van der Waals surface area contributed by atoms with Gasteiger partial charge in [-0.15, -0.1) is 46.4 Å². The van der Waals surface area contributed by atoms with Crippen LogP contribution in [-0.4, -0.2) is 110 Å². The number of alkyl halides is 4. The van der Waals surface area contributed by atoms with E-state index in [1.165, 1.54) is 0 Å². The van der Waals surface area contributed by atoms with E-state index in [0.717, 1.165) is 135 Å². The van der Waals surface area contributed by atoms with Gasteiger partial charge in [-0.05, 0) is 138 Å². The van der Waals surface area contributed by atoms with Gasteiger partial charge >= 0.3 is 0 Å². The van der Waals surface area contributed by atoms with E-state index in [4.69, 9.17) is 107 Å². The van der Waals surface area contributed by atoms with E-state index in [1.807, 2.05) is 267 Å². The molecule has 2 heterocycles. The number of hydrogen-bond donors (Lipinski definition) is 8. The third-order valence-electron chi connectivity index (χ3n) is 18.4. The Kier molecular flexibility index (Phi) is 37.0. The fourth-order valence-electron chi connectivity index (χ4n) is 12.9. The molecule has 8 bridgehead atoms. The van der Waals surface area contributed by atoms with Crippen molar-refractivity contribution in [1.82, 2.24) is 0 Å². The molecular weight excluding hydrogens is 1520 g/mol. The molecule has 0 aromatic heterocycles. The average molecular weight is 1620 g/mol. The zero-order chi connectivity index (χ0) is 80.5. The van der Waals surface area contributed by atoms with Crippen molar-refractivity contribution in [2.75, 3.05) is 89.7 Å². The highest BCUT2D eigenvalue weighted by atomic mass is 35.5. The maximum absolute atomic E-state index is 11.4. The van der Waals surface area contributed by atoms with Crippen LogP contribution >= 0.6 is 46.4 Å². The lowest BCUT2D eigenvalue weighted by Gasteiger charge is -2.17. The summed E-state index contributed by atoms with van der Waals surface area (Å²) in [6, 6.07) is 86.8. The van der Waals surface area contributed by atoms with Crippen molar-refractivity contribution in [3.8, 4) is 69.0 Å². The number of benzene rings is 12. The Labute approximate surface area is 689 Å². The summed E-state index contributed by atoms with van der Waals surface area (Å²) >= 11 is 19.1. The molecule has 2 aliphatic heterocycles. The Morgan fingerprint density at radius 3 is 0.404 bits per heavy atom. The lowest BCUT2D eigenvalue weighted by molar-refractivity contribution is 0.215. The molecule has 0 unspecified atom stereocenters. The molecule has 2 aliphatic rings. The topological polar surface area (TPSA) is 259 Å². The number of nitrogens with two attached hydrogens (primary N) is 4. The predicted molar refractivity (Wildman–Crippen MR) is 460 cm³/mol. The number of phenols is 4. The van der Waals surface area contributed by atoms with Crippen molar-refractivity contribution < 1.29 is 58.3 Å². The standard InChI is InChI=1S/2C44H40O6.2C2H8N2.2CH2Cl2/c2*45-43-35-15-9-16-36(43)28-32-12-2-7-21-41(32)49-25-26-50-42-22-8-4-14-34(42)30-38-18-10-17-37(44(38)46)29-33-13-3-6-20-40(33)48-24-23-47-39-19-5-1-11-31(39)27-35;2*3-1-2-4;2*2-1-3/h2*1-22,45-46H,23-30H2;2*1-4H2;2*1H2. The first-order valence-corrected chi connectivity index (χ1v) is 39.9. The summed E-state index contributed by atoms with van der Waals surface area (Å²) in [6.45, 7) is 5.14. The van der Waals surface area contributed by atoms with Crippen molar-refractivity contribution in [2.24, 2.45) is 22.9 Å². The zero-order valence-electron chi connectivity index (χ0n) is 63.8. The number of halogens is 4. The number of para-hydroxylation sites is 12. The van der Waals surface area contributed by atoms with Crippen LogP contribution in [0.25, 0.3) is 0 Å². The van der Waals surface area contributed by atoms with Crippen LogP contribution in [0.15, 0.2) is 267 Å². The molecule has 0 atom stereocenters. The number of aromatic hydroxyl groups is 4. The molecule has 0 fully saturated rings. The molecule has 12 N–H and O–H groups in total. The van der Waals surface area contributed by atoms with Gasteiger partial charge in [-0.3, -0.25) is 0 Å². The van der Waals surface area contributed by atoms with Gasteiger partial charge in [0.2, 0.25) is 0 Å². The summed E-state index contributed by atoms with van der Waals surface area (Å²) in [4.78, 5) is 0. The molecule has 0 radical (unpaired) electrons. The molecule has 12 aromatic rings. The van der Waals surface area contributed by atoms with Gasteiger partial charge in [0.15, 0.2) is 0 Å². The van der Waals surface area contributed by atoms with Gasteiger partial charge < -0.3 is 81.3 Å². The molecule has 0 spiro atoms. The van der Waals surface area contributed by atoms with Gasteiger partial charge in [0.1, 0.15) is 122 Å². The highest BCUT2D eigenvalue weighted by Crippen LogP contribution is 2.38. The van der Waals surface area contributed by atoms with E-state index in [9.17, 15) is 20.4 Å². The summed E-state index contributed by atoms with van der Waals surface area (Å²) in [5.74, 6) is 7.09. The fourth-order valence-corrected chi connectivity index (χ4v) is 12.9. The minimum atomic E-state index is 0.194. The highest BCUT2D eigenvalue weighted by molar-refractivity contribution is 6.41. The van der Waals surface area contributed by atoms with Crippen molar-refractivity contribution in [3.05, 3.63) is 356 Å². The Bertz CT molecular complexity index is 4020. The minimum Gasteiger partial charge on any atom is -0.507 e. The minimum absolute atomic E-state index is 0.194. The molecule has 0 saturated heterocycles. The van der Waals surface area contributed by atoms with Crippen molar-refractivity contribution >= 4 is 46.4 Å². The summed E-state index contributed by atoms with van der Waals surface area (Å²) in [5, 5.41) is 46.1. The van der Waals surface area contributed by atoms with Crippen LogP contribution in [0, 0.1) is 0 Å². The van der Waals surface area contributed by atoms with E-state index in [1.54, 1.807) is 0 Å². The molecule has 20 heteroatoms. The second-order valence-electron chi connectivity index (χ2n) is 26.1. The van der Waals surface area contributed by atoms with Crippen LogP contribution < -0.4 is 60.8 Å². The summed E-state index contributed by atoms with van der Waals surface area (Å²) in [6.07, 6.45) is 4.10. The van der Waals surface area contributed by atoms with Gasteiger partial charge in [0, 0.05) is 77.5 Å². The Morgan fingerprint density at radius 2 is 0.289 bits per heavy atom. The van der Waals surface area contributed by atoms with E-state index >= 15 is 0 Å². The Balaban J connectivity index is 0.000000225. The second kappa shape index (κ2) is 48.3. The van der Waals surface area contributed by atoms with Gasteiger partial charge in [0.05, 0.1) is 10.7 Å². The molecule has 0 aliphatic carbocycles. The molecule has 12 aromatic carbocycles. The van der Waals surface area contributed by atoms with E-state index in [2.05, 4.69) is 0 Å². The largest absolute Gasteiger partial charge is 0.507 e. The molecule has 114 heavy (non-hydrogen) atoms. The predicted octanol–water partition coefficient (Wildman–Crippen LogP) is 18.0. The van der Waals surface area contributed by atoms with Gasteiger partial charge in [-0.1, -0.05) is 218 Å². The Morgan fingerprint density at radius 1 is 0.184 bits per heavy atom. The van der Waals surface area contributed by atoms with Gasteiger partial charge in [0.25, 0.3) is 0 Å². The third-order valence-corrected chi connectivity index (χ3v) is 18.4. The first-order chi connectivity index (χ1) is 55.9. The maximum atomic E-state index is 11.4. The zero-order valence-corrected chi connectivity index (χ0v) is 66.9. The van der Waals surface area contributed by atoms with Crippen molar-refractivity contribution in [2.45, 2.75) is 51.4 Å². The average Bonchev–Trinajstić information content (AvgIpc) is 0.833. The molecular formula is C94H100Cl4N4O12. The smallest absolute Gasteiger partial charge is 0.123 e. The van der Waals surface area contributed by atoms with Crippen LogP contribution in [-0.2, 0) is 51.4 Å². The van der Waals surface area contributed by atoms with E-state index in [-0.39, 0.29) is 33.7 Å². The lowest BCUT2D eigenvalue weighted by Crippen LogP contribution is -2.11. The number of hydrogen-bond acceptors (Lipinski definition) is 16. The SMILES string of the molecule is ClCCl.ClCCl.NCCN.NCCN.Oc1c2cccc1Cc1ccccc1OCCOc1ccccc1Cc1cccc(c1O)Cc1ccccc1OCCOc1ccccc1C2.Oc1c2cccc1Cc1ccccc1OCCOc1ccccc1Cc1cccc(c1O)Cc1ccccc1OCCOc1ccccc1C2. The monoisotopic (exact) mass is 1620 g/mol. The number of phenolic OH excluding ortho intramolecular Hbond substituents is 4. The quantitative estimate of drug-likeness (QED) is 0.0749. The molecule has 14 rings (SSSR count). The molecule has 0 saturated carbocycles. The van der Waals surface area contributed by atoms with Crippen LogP contribution in [0.5, 0.6) is 69.0 Å². The van der Waals surface area contributed by atoms with Crippen LogP contribution in [0.4, 0.5) is 0 Å². The molecule has 596 valence electrons.